The molecule has 0 heterocycles. The van der Waals surface area contributed by atoms with Crippen LogP contribution in [-0.2, 0) is 14.3 Å². The zero-order valence-electron chi connectivity index (χ0n) is 11.5. The van der Waals surface area contributed by atoms with E-state index in [1.54, 1.807) is 0 Å². The summed E-state index contributed by atoms with van der Waals surface area (Å²) in [5.41, 5.74) is 0.989. The molecule has 0 unspecified atom stereocenters. The summed E-state index contributed by atoms with van der Waals surface area (Å²) in [4.78, 5) is 11.9. The van der Waals surface area contributed by atoms with Gasteiger partial charge in [-0.3, -0.25) is 4.79 Å². The minimum atomic E-state index is 0.260. The first kappa shape index (κ1) is 12.6. The highest BCUT2D eigenvalue weighted by atomic mass is 16.5. The molecule has 4 saturated carbocycles. The molecule has 0 aromatic rings. The fourth-order valence-electron chi connectivity index (χ4n) is 4.45. The van der Waals surface area contributed by atoms with Gasteiger partial charge in [0.15, 0.2) is 5.78 Å². The predicted molar refractivity (Wildman–Crippen MR) is 68.4 cm³/mol. The quantitative estimate of drug-likeness (QED) is 0.699. The van der Waals surface area contributed by atoms with Gasteiger partial charge in [0.25, 0.3) is 0 Å². The first-order chi connectivity index (χ1) is 8.53. The Morgan fingerprint density at radius 3 is 2.33 bits per heavy atom. The van der Waals surface area contributed by atoms with Gasteiger partial charge in [0, 0.05) is 13.0 Å². The Bertz CT molecular complexity index is 324. The maximum Gasteiger partial charge on any atom is 0.159 e. The van der Waals surface area contributed by atoms with Crippen LogP contribution in [0.15, 0.2) is 0 Å². The van der Waals surface area contributed by atoms with E-state index in [2.05, 4.69) is 6.92 Å². The molecular formula is C15H24O3. The highest BCUT2D eigenvalue weighted by Gasteiger charge is 2.64. The Labute approximate surface area is 109 Å². The molecule has 0 radical (unpaired) electrons. The molecule has 0 aromatic heterocycles. The van der Waals surface area contributed by atoms with Crippen LogP contribution < -0.4 is 0 Å². The van der Waals surface area contributed by atoms with Gasteiger partial charge in [-0.2, -0.15) is 0 Å². The lowest BCUT2D eigenvalue weighted by atomic mass is 9.35. The van der Waals surface area contributed by atoms with E-state index in [1.165, 1.54) is 19.3 Å². The van der Waals surface area contributed by atoms with Crippen molar-refractivity contribution in [3.05, 3.63) is 0 Å². The van der Waals surface area contributed by atoms with E-state index in [1.807, 2.05) is 6.92 Å². The van der Waals surface area contributed by atoms with Gasteiger partial charge < -0.3 is 9.47 Å². The minimum Gasteiger partial charge on any atom is -0.378 e. The topological polar surface area (TPSA) is 35.5 Å². The molecule has 0 aliphatic heterocycles. The second kappa shape index (κ2) is 4.31. The van der Waals surface area contributed by atoms with E-state index >= 15 is 0 Å². The summed E-state index contributed by atoms with van der Waals surface area (Å²) in [5, 5.41) is 0. The van der Waals surface area contributed by atoms with Gasteiger partial charge in [0.05, 0.1) is 12.2 Å². The molecule has 4 aliphatic carbocycles. The lowest BCUT2D eigenvalue weighted by molar-refractivity contribution is -0.197. The van der Waals surface area contributed by atoms with E-state index in [0.29, 0.717) is 29.3 Å². The van der Waals surface area contributed by atoms with E-state index in [-0.39, 0.29) is 6.10 Å². The number of Topliss-reactive ketones (excluding diaryl/α,β-unsaturated/α-hetero) is 1. The molecular weight excluding hydrogens is 228 g/mol. The summed E-state index contributed by atoms with van der Waals surface area (Å²) in [7, 11) is 0. The van der Waals surface area contributed by atoms with Gasteiger partial charge in [0.2, 0.25) is 0 Å². The second-order valence-electron chi connectivity index (χ2n) is 7.04. The van der Waals surface area contributed by atoms with Gasteiger partial charge in [-0.25, -0.2) is 0 Å². The number of carbonyl (C=O) groups is 1. The van der Waals surface area contributed by atoms with Gasteiger partial charge in [-0.15, -0.1) is 0 Å². The van der Waals surface area contributed by atoms with Gasteiger partial charge in [-0.1, -0.05) is 6.92 Å². The van der Waals surface area contributed by atoms with Crippen molar-refractivity contribution in [3.63, 3.8) is 0 Å². The Balaban J connectivity index is 1.29. The molecule has 3 nitrogen and oxygen atoms in total. The van der Waals surface area contributed by atoms with E-state index in [4.69, 9.17) is 9.47 Å². The lowest BCUT2D eigenvalue weighted by Gasteiger charge is -2.70. The highest BCUT2D eigenvalue weighted by Crippen LogP contribution is 2.74. The van der Waals surface area contributed by atoms with Crippen molar-refractivity contribution in [1.82, 2.24) is 0 Å². The largest absolute Gasteiger partial charge is 0.378 e. The normalized spacial score (nSPS) is 44.8. The molecule has 4 fully saturated rings. The number of hydrogen-bond donors (Lipinski definition) is 0. The summed E-state index contributed by atoms with van der Waals surface area (Å²) < 4.78 is 11.1. The van der Waals surface area contributed by atoms with E-state index < -0.39 is 0 Å². The zero-order chi connectivity index (χ0) is 12.8. The third-order valence-corrected chi connectivity index (χ3v) is 4.91. The van der Waals surface area contributed by atoms with Crippen LogP contribution in [0.25, 0.3) is 0 Å². The summed E-state index contributed by atoms with van der Waals surface area (Å²) in [5.74, 6) is 0.302. The molecule has 0 amide bonds. The van der Waals surface area contributed by atoms with Gasteiger partial charge in [-0.05, 0) is 49.9 Å². The fraction of sp³-hybridized carbons (Fsp3) is 0.933. The predicted octanol–water partition coefficient (Wildman–Crippen LogP) is 2.72. The summed E-state index contributed by atoms with van der Waals surface area (Å²) in [6, 6.07) is 0. The number of rotatable bonds is 7. The van der Waals surface area contributed by atoms with Crippen molar-refractivity contribution in [2.24, 2.45) is 10.8 Å². The van der Waals surface area contributed by atoms with Crippen LogP contribution in [0.3, 0.4) is 0 Å². The van der Waals surface area contributed by atoms with Crippen LogP contribution in [0.4, 0.5) is 0 Å². The average Bonchev–Trinajstić information content (AvgIpc) is 2.17. The van der Waals surface area contributed by atoms with Crippen LogP contribution in [0.2, 0.25) is 0 Å². The number of carbonyl (C=O) groups excluding carboxylic acids is 1. The van der Waals surface area contributed by atoms with Crippen molar-refractivity contribution in [1.29, 1.82) is 0 Å². The van der Waals surface area contributed by atoms with Crippen molar-refractivity contribution in [2.75, 3.05) is 13.2 Å². The van der Waals surface area contributed by atoms with Crippen LogP contribution in [0, 0.1) is 10.8 Å². The Hall–Kier alpha value is -0.410. The average molecular weight is 252 g/mol. The molecule has 4 rings (SSSR count). The minimum absolute atomic E-state index is 0.260. The summed E-state index contributed by atoms with van der Waals surface area (Å²) in [6.07, 6.45) is 7.10. The van der Waals surface area contributed by atoms with Gasteiger partial charge >= 0.3 is 0 Å². The van der Waals surface area contributed by atoms with Crippen molar-refractivity contribution in [3.8, 4) is 0 Å². The second-order valence-corrected chi connectivity index (χ2v) is 7.04. The van der Waals surface area contributed by atoms with Crippen molar-refractivity contribution in [2.45, 2.75) is 64.6 Å². The van der Waals surface area contributed by atoms with E-state index in [9.17, 15) is 4.79 Å². The van der Waals surface area contributed by atoms with E-state index in [0.717, 1.165) is 25.9 Å². The third kappa shape index (κ3) is 2.23. The monoisotopic (exact) mass is 252 g/mol. The number of ether oxygens (including phenoxy) is 2. The molecule has 0 spiro atoms. The molecule has 0 aromatic carbocycles. The van der Waals surface area contributed by atoms with Crippen LogP contribution >= 0.6 is 0 Å². The maximum absolute atomic E-state index is 11.9. The fourth-order valence-corrected chi connectivity index (χ4v) is 4.45. The van der Waals surface area contributed by atoms with Crippen molar-refractivity contribution >= 4 is 5.78 Å². The first-order valence-corrected chi connectivity index (χ1v) is 7.27. The Morgan fingerprint density at radius 2 is 1.78 bits per heavy atom. The third-order valence-electron chi connectivity index (χ3n) is 4.91. The number of hydrogen-bond acceptors (Lipinski definition) is 3. The molecule has 18 heavy (non-hydrogen) atoms. The Kier molecular flexibility index (Phi) is 3.02. The molecule has 2 bridgehead atoms. The molecule has 0 N–H and O–H groups in total. The molecule has 0 atom stereocenters. The number of ketones is 1. The summed E-state index contributed by atoms with van der Waals surface area (Å²) in [6.45, 7) is 5.44. The smallest absolute Gasteiger partial charge is 0.159 e. The lowest BCUT2D eigenvalue weighted by Crippen LogP contribution is -2.60. The SMILES string of the molecule is CCOC1CC(OCC(=O)CC23CC(C)(C2)C3)C1. The maximum atomic E-state index is 11.9. The van der Waals surface area contributed by atoms with Crippen LogP contribution in [0.1, 0.15) is 52.4 Å². The first-order valence-electron chi connectivity index (χ1n) is 7.27. The van der Waals surface area contributed by atoms with Crippen LogP contribution in [0.5, 0.6) is 0 Å². The summed E-state index contributed by atoms with van der Waals surface area (Å²) >= 11 is 0. The standard InChI is InChI=1S/C15H24O3/c1-3-17-12-4-13(5-12)18-7-11(16)6-15-8-14(2,9-15)10-15/h12-13H,3-10H2,1-2H3. The zero-order valence-corrected chi connectivity index (χ0v) is 11.5. The van der Waals surface area contributed by atoms with Gasteiger partial charge in [0.1, 0.15) is 6.61 Å². The molecule has 3 heteroatoms. The molecule has 102 valence electrons. The Morgan fingerprint density at radius 1 is 1.17 bits per heavy atom. The molecule has 0 saturated heterocycles. The highest BCUT2D eigenvalue weighted by molar-refractivity contribution is 5.81. The van der Waals surface area contributed by atoms with Crippen LogP contribution in [-0.4, -0.2) is 31.2 Å². The molecule has 4 aliphatic rings. The van der Waals surface area contributed by atoms with Crippen molar-refractivity contribution < 1.29 is 14.3 Å².